The zero-order valence-electron chi connectivity index (χ0n) is 29.7. The van der Waals surface area contributed by atoms with Crippen molar-refractivity contribution in [2.45, 2.75) is 45.8 Å². The summed E-state index contributed by atoms with van der Waals surface area (Å²) in [5, 5.41) is 4.39. The molecule has 2 aromatic heterocycles. The van der Waals surface area contributed by atoms with Gasteiger partial charge in [-0.05, 0) is 87.7 Å². The quantitative estimate of drug-likeness (QED) is 0.271. The highest BCUT2D eigenvalue weighted by atomic mass is 16.5. The second-order valence-corrected chi connectivity index (χ2v) is 14.5. The first-order valence-corrected chi connectivity index (χ1v) is 18.1. The zero-order chi connectivity index (χ0) is 35.1. The Morgan fingerprint density at radius 1 is 0.902 bits per heavy atom. The molecule has 0 bridgehead atoms. The van der Waals surface area contributed by atoms with Crippen molar-refractivity contribution < 1.29 is 14.3 Å². The fraction of sp³-hybridized carbons (Fsp3) is 0.436. The molecule has 12 heteroatoms. The molecule has 4 aromatic rings. The van der Waals surface area contributed by atoms with Gasteiger partial charge in [-0.2, -0.15) is 5.10 Å². The predicted octanol–water partition coefficient (Wildman–Crippen LogP) is 4.18. The standard InChI is InChI=1S/C39H45N9O3/c1-27(2)51-34-12-8-30(23-40-34)36-33-21-32(11-7-29(33)22-41-36)48-15-4-13-39(38(48)50)14-16-45(25-39)24-35(49)47-19-17-46(18-20-47)31-9-5-28(6-10-31)37-42-26-44(3)43-37/h5-12,21,23,26-27H,4,13-20,22,24-25H2,1-3H3. The number of rotatable bonds is 8. The van der Waals surface area contributed by atoms with Crippen LogP contribution in [0.3, 0.4) is 0 Å². The molecule has 2 aromatic carbocycles. The molecule has 0 saturated carbocycles. The van der Waals surface area contributed by atoms with E-state index in [2.05, 4.69) is 67.3 Å². The summed E-state index contributed by atoms with van der Waals surface area (Å²) in [6.07, 6.45) is 6.15. The number of benzene rings is 2. The van der Waals surface area contributed by atoms with Crippen molar-refractivity contribution in [2.75, 3.05) is 62.2 Å². The van der Waals surface area contributed by atoms with E-state index in [0.29, 0.717) is 51.0 Å². The molecule has 264 valence electrons. The number of pyridine rings is 1. The Morgan fingerprint density at radius 3 is 2.41 bits per heavy atom. The number of anilines is 2. The van der Waals surface area contributed by atoms with Crippen LogP contribution in [-0.4, -0.2) is 106 Å². The van der Waals surface area contributed by atoms with Crippen LogP contribution in [0.4, 0.5) is 11.4 Å². The Labute approximate surface area is 298 Å². The maximum atomic E-state index is 14.3. The van der Waals surface area contributed by atoms with Gasteiger partial charge >= 0.3 is 0 Å². The largest absolute Gasteiger partial charge is 0.475 e. The summed E-state index contributed by atoms with van der Waals surface area (Å²) in [5.74, 6) is 1.63. The Balaban J connectivity index is 0.873. The zero-order valence-corrected chi connectivity index (χ0v) is 29.7. The molecule has 0 N–H and O–H groups in total. The van der Waals surface area contributed by atoms with Crippen LogP contribution < -0.4 is 14.5 Å². The lowest BCUT2D eigenvalue weighted by atomic mass is 9.78. The number of amides is 2. The van der Waals surface area contributed by atoms with E-state index in [1.54, 1.807) is 11.0 Å². The molecule has 8 rings (SSSR count). The number of aromatic nitrogens is 4. The lowest BCUT2D eigenvalue weighted by Crippen LogP contribution is -2.52. The molecule has 6 heterocycles. The van der Waals surface area contributed by atoms with Gasteiger partial charge in [-0.1, -0.05) is 6.07 Å². The first-order chi connectivity index (χ1) is 24.7. The minimum Gasteiger partial charge on any atom is -0.475 e. The highest BCUT2D eigenvalue weighted by molar-refractivity contribution is 6.15. The number of piperazine rings is 1. The number of fused-ring (bicyclic) bond motifs is 1. The third-order valence-electron chi connectivity index (χ3n) is 10.7. The van der Waals surface area contributed by atoms with Crippen molar-refractivity contribution in [1.29, 1.82) is 0 Å². The second kappa shape index (κ2) is 13.6. The van der Waals surface area contributed by atoms with Gasteiger partial charge in [-0.15, -0.1) is 0 Å². The van der Waals surface area contributed by atoms with Gasteiger partial charge in [0.15, 0.2) is 5.82 Å². The minimum absolute atomic E-state index is 0.0574. The van der Waals surface area contributed by atoms with Crippen LogP contribution in [0.5, 0.6) is 5.88 Å². The maximum Gasteiger partial charge on any atom is 0.236 e. The Hall–Kier alpha value is -5.10. The molecule has 51 heavy (non-hydrogen) atoms. The number of hydrogen-bond donors (Lipinski definition) is 0. The average molecular weight is 688 g/mol. The van der Waals surface area contributed by atoms with Gasteiger partial charge in [0.1, 0.15) is 6.33 Å². The van der Waals surface area contributed by atoms with E-state index in [9.17, 15) is 9.59 Å². The molecular weight excluding hydrogens is 642 g/mol. The van der Waals surface area contributed by atoms with E-state index in [0.717, 1.165) is 78.2 Å². The van der Waals surface area contributed by atoms with Crippen LogP contribution in [0.2, 0.25) is 0 Å². The molecule has 4 aliphatic rings. The third kappa shape index (κ3) is 6.60. The van der Waals surface area contributed by atoms with Gasteiger partial charge in [-0.3, -0.25) is 24.2 Å². The van der Waals surface area contributed by atoms with Gasteiger partial charge in [0.2, 0.25) is 17.7 Å². The summed E-state index contributed by atoms with van der Waals surface area (Å²) >= 11 is 0. The molecule has 0 radical (unpaired) electrons. The topological polar surface area (TPSA) is 112 Å². The normalized spacial score (nSPS) is 20.7. The molecule has 12 nitrogen and oxygen atoms in total. The maximum absolute atomic E-state index is 14.3. The van der Waals surface area contributed by atoms with E-state index in [1.165, 1.54) is 0 Å². The van der Waals surface area contributed by atoms with Gasteiger partial charge in [0, 0.05) is 86.6 Å². The SMILES string of the molecule is CC(C)Oc1ccc(C2=NCc3ccc(N4CCCC5(CCN(CC(=O)N6CCN(c7ccc(-c8ncn(C)n8)cc7)CC6)C5)C4=O)cc32)cn1. The number of aryl methyl sites for hydroxylation is 1. The molecule has 2 amide bonds. The van der Waals surface area contributed by atoms with E-state index >= 15 is 0 Å². The lowest BCUT2D eigenvalue weighted by molar-refractivity contribution is -0.134. The van der Waals surface area contributed by atoms with Crippen molar-refractivity contribution in [3.63, 3.8) is 0 Å². The number of likely N-dealkylation sites (tertiary alicyclic amines) is 1. The monoisotopic (exact) mass is 687 g/mol. The predicted molar refractivity (Wildman–Crippen MR) is 196 cm³/mol. The molecule has 1 unspecified atom stereocenters. The Bertz CT molecular complexity index is 1950. The Kier molecular flexibility index (Phi) is 8.79. The van der Waals surface area contributed by atoms with Gasteiger partial charge in [-0.25, -0.2) is 9.97 Å². The van der Waals surface area contributed by atoms with Gasteiger partial charge in [0.05, 0.1) is 30.3 Å². The number of hydrogen-bond acceptors (Lipinski definition) is 9. The molecule has 0 aliphatic carbocycles. The number of nitrogens with zero attached hydrogens (tertiary/aromatic N) is 9. The molecule has 1 atom stereocenters. The van der Waals surface area contributed by atoms with Crippen LogP contribution in [0.15, 0.2) is 72.1 Å². The minimum atomic E-state index is -0.458. The third-order valence-corrected chi connectivity index (χ3v) is 10.7. The van der Waals surface area contributed by atoms with Crippen LogP contribution in [0.1, 0.15) is 49.8 Å². The van der Waals surface area contributed by atoms with Crippen molar-refractivity contribution in [1.82, 2.24) is 29.5 Å². The average Bonchev–Trinajstić information content (AvgIpc) is 3.88. The number of piperidine rings is 1. The second-order valence-electron chi connectivity index (χ2n) is 14.5. The first kappa shape index (κ1) is 33.1. The van der Waals surface area contributed by atoms with Gasteiger partial charge in [0.25, 0.3) is 0 Å². The van der Waals surface area contributed by atoms with Crippen molar-refractivity contribution in [3.8, 4) is 17.3 Å². The first-order valence-electron chi connectivity index (χ1n) is 18.1. The highest BCUT2D eigenvalue weighted by Crippen LogP contribution is 2.42. The highest BCUT2D eigenvalue weighted by Gasteiger charge is 2.49. The Morgan fingerprint density at radius 2 is 1.69 bits per heavy atom. The summed E-state index contributed by atoms with van der Waals surface area (Å²) in [5.41, 5.74) is 6.62. The van der Waals surface area contributed by atoms with Crippen LogP contribution in [0.25, 0.3) is 11.4 Å². The van der Waals surface area contributed by atoms with E-state index in [-0.39, 0.29) is 17.9 Å². The fourth-order valence-corrected chi connectivity index (χ4v) is 8.01. The molecule has 3 fully saturated rings. The fourth-order valence-electron chi connectivity index (χ4n) is 8.01. The number of aliphatic imine (C=N–C) groups is 1. The van der Waals surface area contributed by atoms with Crippen LogP contribution in [-0.2, 0) is 23.2 Å². The van der Waals surface area contributed by atoms with E-state index in [1.807, 2.05) is 49.0 Å². The van der Waals surface area contributed by atoms with Crippen molar-refractivity contribution in [2.24, 2.45) is 17.5 Å². The molecule has 4 aliphatic heterocycles. The number of carbonyl (C=O) groups excluding carboxylic acids is 2. The van der Waals surface area contributed by atoms with Crippen molar-refractivity contribution >= 4 is 28.9 Å². The van der Waals surface area contributed by atoms with Gasteiger partial charge < -0.3 is 19.4 Å². The summed E-state index contributed by atoms with van der Waals surface area (Å²) in [7, 11) is 1.86. The van der Waals surface area contributed by atoms with Crippen molar-refractivity contribution in [3.05, 3.63) is 83.8 Å². The number of ether oxygens (including phenoxy) is 1. The lowest BCUT2D eigenvalue weighted by Gasteiger charge is -2.40. The summed E-state index contributed by atoms with van der Waals surface area (Å²) in [4.78, 5) is 49.9. The smallest absolute Gasteiger partial charge is 0.236 e. The molecule has 3 saturated heterocycles. The summed E-state index contributed by atoms with van der Waals surface area (Å²) in [6.45, 7) is 9.95. The van der Waals surface area contributed by atoms with Crippen LogP contribution in [0, 0.1) is 5.41 Å². The summed E-state index contributed by atoms with van der Waals surface area (Å²) in [6, 6.07) is 18.5. The molecule has 1 spiro atoms. The van der Waals surface area contributed by atoms with Crippen LogP contribution >= 0.6 is 0 Å². The van der Waals surface area contributed by atoms with E-state index in [4.69, 9.17) is 9.73 Å². The number of carbonyl (C=O) groups is 2. The summed E-state index contributed by atoms with van der Waals surface area (Å²) < 4.78 is 7.43. The molecular formula is C39H45N9O3. The van der Waals surface area contributed by atoms with E-state index < -0.39 is 5.41 Å².